The molecule has 1 amide bonds. The lowest BCUT2D eigenvalue weighted by Gasteiger charge is -2.41. The Morgan fingerprint density at radius 1 is 1.19 bits per heavy atom. The molecule has 0 N–H and O–H groups in total. The van der Waals surface area contributed by atoms with Gasteiger partial charge >= 0.3 is 6.01 Å². The van der Waals surface area contributed by atoms with Crippen molar-refractivity contribution in [1.29, 1.82) is 0 Å². The first-order valence-electron chi connectivity index (χ1n) is 14.8. The van der Waals surface area contributed by atoms with Crippen molar-refractivity contribution in [3.8, 4) is 11.9 Å². The van der Waals surface area contributed by atoms with Crippen LogP contribution in [0.25, 0.3) is 15.6 Å². The van der Waals surface area contributed by atoms with E-state index in [9.17, 15) is 4.79 Å². The summed E-state index contributed by atoms with van der Waals surface area (Å²) in [4.78, 5) is 32.2. The number of hydrogen-bond acceptors (Lipinski definition) is 7. The number of nitrogens with zero attached hydrogens (tertiary/aromatic N) is 6. The van der Waals surface area contributed by atoms with Gasteiger partial charge in [0.1, 0.15) is 24.1 Å². The van der Waals surface area contributed by atoms with Crippen molar-refractivity contribution in [2.75, 3.05) is 51.3 Å². The highest BCUT2D eigenvalue weighted by Gasteiger charge is 2.40. The second kappa shape index (κ2) is 11.6. The van der Waals surface area contributed by atoms with E-state index in [1.54, 1.807) is 4.90 Å². The number of benzene rings is 2. The number of carbonyl (C=O) groups is 1. The largest absolute Gasteiger partial charge is 0.466 e. The van der Waals surface area contributed by atoms with Crippen molar-refractivity contribution >= 4 is 22.5 Å². The van der Waals surface area contributed by atoms with Crippen molar-refractivity contribution in [2.45, 2.75) is 50.3 Å². The van der Waals surface area contributed by atoms with Gasteiger partial charge in [0, 0.05) is 31.2 Å². The maximum Gasteiger partial charge on any atom is 0.321 e. The number of ether oxygens (including phenoxy) is 2. The highest BCUT2D eigenvalue weighted by molar-refractivity contribution is 5.88. The Morgan fingerprint density at radius 2 is 2.02 bits per heavy atom. The van der Waals surface area contributed by atoms with Crippen molar-refractivity contribution in [3.05, 3.63) is 77.7 Å². The van der Waals surface area contributed by atoms with Gasteiger partial charge in [0.15, 0.2) is 0 Å². The lowest BCUT2D eigenvalue weighted by molar-refractivity contribution is -0.128. The molecule has 0 spiro atoms. The highest BCUT2D eigenvalue weighted by Crippen LogP contribution is 2.44. The Labute approximate surface area is 247 Å². The van der Waals surface area contributed by atoms with Crippen LogP contribution in [0.15, 0.2) is 55.1 Å². The summed E-state index contributed by atoms with van der Waals surface area (Å²) >= 11 is 0. The SMILES string of the molecule is [C-]#[N+]C[C@H]1CN(c2nc(OC[C@@H]3CCCN3C)nc3c2CCC(C)(c2cccc4ccccc24)O3)CCN1C(=O)C=C. The van der Waals surface area contributed by atoms with Gasteiger partial charge in [0.25, 0.3) is 0 Å². The van der Waals surface area contributed by atoms with Crippen LogP contribution < -0.4 is 14.4 Å². The fraction of sp³-hybridized carbons (Fsp3) is 0.455. The second-order valence-corrected chi connectivity index (χ2v) is 11.7. The molecule has 0 saturated carbocycles. The molecule has 3 aromatic rings. The fourth-order valence-electron chi connectivity index (χ4n) is 6.64. The zero-order chi connectivity index (χ0) is 29.3. The average Bonchev–Trinajstić information content (AvgIpc) is 3.43. The number of aromatic nitrogens is 2. The van der Waals surface area contributed by atoms with Gasteiger partial charge in [-0.3, -0.25) is 4.79 Å². The van der Waals surface area contributed by atoms with E-state index in [-0.39, 0.29) is 18.5 Å². The number of carbonyl (C=O) groups excluding carboxylic acids is 1. The molecule has 3 aliphatic heterocycles. The van der Waals surface area contributed by atoms with Crippen LogP contribution in [0.1, 0.15) is 37.3 Å². The minimum absolute atomic E-state index is 0.146. The molecular weight excluding hydrogens is 528 g/mol. The molecule has 3 aliphatic rings. The summed E-state index contributed by atoms with van der Waals surface area (Å²) in [6, 6.07) is 15.1. The monoisotopic (exact) mass is 566 g/mol. The topological polar surface area (TPSA) is 75.4 Å². The van der Waals surface area contributed by atoms with Crippen LogP contribution in [0, 0.1) is 6.57 Å². The Hall–Kier alpha value is -4.16. The van der Waals surface area contributed by atoms with E-state index in [0.717, 1.165) is 49.2 Å². The van der Waals surface area contributed by atoms with Gasteiger partial charge < -0.3 is 29.0 Å². The molecule has 6 rings (SSSR count). The number of hydrogen-bond donors (Lipinski definition) is 0. The van der Waals surface area contributed by atoms with Crippen LogP contribution in [-0.4, -0.2) is 84.1 Å². The summed E-state index contributed by atoms with van der Waals surface area (Å²) in [6.45, 7) is 16.6. The maximum atomic E-state index is 12.5. The molecular formula is C33H38N6O3. The van der Waals surface area contributed by atoms with Gasteiger partial charge in [-0.1, -0.05) is 49.0 Å². The van der Waals surface area contributed by atoms with Gasteiger partial charge in [-0.2, -0.15) is 9.97 Å². The molecule has 9 heteroatoms. The van der Waals surface area contributed by atoms with Crippen LogP contribution >= 0.6 is 0 Å². The standard InChI is InChI=1S/C33H38N6O3/c1-5-29(40)39-19-18-38(21-25(39)20-34-3)30-27-15-16-33(2,28-14-8-11-23-10-6-7-13-26(23)28)42-31(27)36-32(35-30)41-22-24-12-9-17-37(24)4/h5-8,10-11,13-14,24-25H,1,9,12,15-22H2,2,4H3/t24-,25-,33?/m0/s1. The molecule has 1 unspecified atom stereocenters. The Balaban J connectivity index is 1.36. The fourth-order valence-corrected chi connectivity index (χ4v) is 6.64. The predicted molar refractivity (Wildman–Crippen MR) is 163 cm³/mol. The molecule has 218 valence electrons. The molecule has 3 atom stereocenters. The summed E-state index contributed by atoms with van der Waals surface area (Å²) in [5.41, 5.74) is 1.50. The Bertz CT molecular complexity index is 1530. The molecule has 2 aromatic carbocycles. The van der Waals surface area contributed by atoms with Crippen LogP contribution in [0.2, 0.25) is 0 Å². The summed E-state index contributed by atoms with van der Waals surface area (Å²) in [7, 11) is 2.13. The third-order valence-electron chi connectivity index (χ3n) is 9.08. The summed E-state index contributed by atoms with van der Waals surface area (Å²) in [6.07, 6.45) is 5.06. The third-order valence-corrected chi connectivity index (χ3v) is 9.08. The number of likely N-dealkylation sites (tertiary alicyclic amines) is 1. The van der Waals surface area contributed by atoms with E-state index in [1.165, 1.54) is 16.8 Å². The number of likely N-dealkylation sites (N-methyl/N-ethyl adjacent to an activating group) is 1. The molecule has 0 bridgehead atoms. The van der Waals surface area contributed by atoms with Gasteiger partial charge in [-0.25, -0.2) is 6.57 Å². The Morgan fingerprint density at radius 3 is 2.81 bits per heavy atom. The smallest absolute Gasteiger partial charge is 0.321 e. The maximum absolute atomic E-state index is 12.5. The molecule has 2 fully saturated rings. The molecule has 9 nitrogen and oxygen atoms in total. The number of amides is 1. The quantitative estimate of drug-likeness (QED) is 0.309. The first kappa shape index (κ1) is 28.0. The molecule has 0 radical (unpaired) electrons. The summed E-state index contributed by atoms with van der Waals surface area (Å²) < 4.78 is 13.1. The number of anilines is 1. The van der Waals surface area contributed by atoms with E-state index >= 15 is 0 Å². The van der Waals surface area contributed by atoms with Gasteiger partial charge in [0.05, 0.1) is 5.56 Å². The van der Waals surface area contributed by atoms with E-state index in [0.29, 0.717) is 44.2 Å². The van der Waals surface area contributed by atoms with Gasteiger partial charge in [-0.15, -0.1) is 0 Å². The van der Waals surface area contributed by atoms with Crippen LogP contribution in [0.4, 0.5) is 5.82 Å². The minimum Gasteiger partial charge on any atom is -0.466 e. The zero-order valence-electron chi connectivity index (χ0n) is 24.5. The first-order valence-corrected chi connectivity index (χ1v) is 14.8. The van der Waals surface area contributed by atoms with E-state index in [1.807, 2.05) is 0 Å². The first-order chi connectivity index (χ1) is 20.4. The molecule has 2 saturated heterocycles. The van der Waals surface area contributed by atoms with Gasteiger partial charge in [0.2, 0.25) is 18.3 Å². The van der Waals surface area contributed by atoms with Crippen molar-refractivity contribution in [1.82, 2.24) is 19.8 Å². The van der Waals surface area contributed by atoms with E-state index in [4.69, 9.17) is 26.0 Å². The minimum atomic E-state index is -0.579. The van der Waals surface area contributed by atoms with Gasteiger partial charge in [-0.05, 0) is 63.0 Å². The highest BCUT2D eigenvalue weighted by atomic mass is 16.5. The van der Waals surface area contributed by atoms with E-state index < -0.39 is 5.60 Å². The lowest BCUT2D eigenvalue weighted by Crippen LogP contribution is -2.56. The number of piperazine rings is 1. The molecule has 1 aromatic heterocycles. The second-order valence-electron chi connectivity index (χ2n) is 11.7. The normalized spacial score (nSPS) is 24.1. The lowest BCUT2D eigenvalue weighted by atomic mass is 9.84. The average molecular weight is 567 g/mol. The van der Waals surface area contributed by atoms with Crippen LogP contribution in [0.5, 0.6) is 11.9 Å². The van der Waals surface area contributed by atoms with Crippen LogP contribution in [0.3, 0.4) is 0 Å². The predicted octanol–water partition coefficient (Wildman–Crippen LogP) is 4.47. The third kappa shape index (κ3) is 5.27. The van der Waals surface area contributed by atoms with Crippen molar-refractivity contribution < 1.29 is 14.3 Å². The van der Waals surface area contributed by atoms with Crippen LogP contribution in [-0.2, 0) is 16.8 Å². The van der Waals surface area contributed by atoms with Crippen molar-refractivity contribution in [3.63, 3.8) is 0 Å². The zero-order valence-corrected chi connectivity index (χ0v) is 24.5. The van der Waals surface area contributed by atoms with E-state index in [2.05, 4.69) is 77.7 Å². The molecule has 4 heterocycles. The number of rotatable bonds is 7. The Kier molecular flexibility index (Phi) is 7.74. The summed E-state index contributed by atoms with van der Waals surface area (Å²) in [5, 5.41) is 2.35. The summed E-state index contributed by atoms with van der Waals surface area (Å²) in [5.74, 6) is 1.17. The molecule has 0 aliphatic carbocycles. The van der Waals surface area contributed by atoms with Crippen molar-refractivity contribution in [2.24, 2.45) is 0 Å². The molecule has 42 heavy (non-hydrogen) atoms. The number of fused-ring (bicyclic) bond motifs is 2.